The molecular weight excluding hydrogens is 350 g/mol. The summed E-state index contributed by atoms with van der Waals surface area (Å²) in [5.41, 5.74) is 0. The summed E-state index contributed by atoms with van der Waals surface area (Å²) in [6.07, 6.45) is 14.9. The van der Waals surface area contributed by atoms with Crippen LogP contribution in [0.15, 0.2) is 0 Å². The number of likely N-dealkylation sites (N-methyl/N-ethyl adjacent to an activating group) is 1. The van der Waals surface area contributed by atoms with Crippen LogP contribution in [0.1, 0.15) is 77.6 Å². The van der Waals surface area contributed by atoms with E-state index in [2.05, 4.69) is 17.6 Å². The molecule has 0 bridgehead atoms. The molecule has 3 fully saturated rings. The number of aliphatic carboxylic acids is 1. The third-order valence-electron chi connectivity index (χ3n) is 7.78. The minimum Gasteiger partial charge on any atom is -0.480 e. The molecule has 0 amide bonds. The number of hydrogen-bond acceptors (Lipinski definition) is 4. The van der Waals surface area contributed by atoms with Crippen LogP contribution in [0.25, 0.3) is 0 Å². The van der Waals surface area contributed by atoms with E-state index in [0.717, 1.165) is 43.2 Å². The number of piperidine rings is 2. The highest BCUT2D eigenvalue weighted by Crippen LogP contribution is 2.45. The molecule has 0 spiro atoms. The van der Waals surface area contributed by atoms with Crippen LogP contribution in [0.4, 0.5) is 0 Å². The van der Waals surface area contributed by atoms with Crippen LogP contribution in [0.5, 0.6) is 0 Å². The van der Waals surface area contributed by atoms with E-state index in [4.69, 9.17) is 0 Å². The van der Waals surface area contributed by atoms with Crippen molar-refractivity contribution in [2.75, 3.05) is 26.7 Å². The van der Waals surface area contributed by atoms with E-state index in [9.17, 15) is 9.90 Å². The van der Waals surface area contributed by atoms with Gasteiger partial charge in [0.05, 0.1) is 12.7 Å². The van der Waals surface area contributed by atoms with Crippen molar-refractivity contribution in [3.63, 3.8) is 0 Å². The largest absolute Gasteiger partial charge is 0.480 e. The predicted molar refractivity (Wildman–Crippen MR) is 114 cm³/mol. The minimum absolute atomic E-state index is 0.130. The SMILES string of the molecule is CCCCCCC1CCC2NC(N(C)CC(=O)O)CC(C3CCCNC3)C2C1. The number of carboxylic acids is 1. The Morgan fingerprint density at radius 2 is 1.96 bits per heavy atom. The Morgan fingerprint density at radius 3 is 2.68 bits per heavy atom. The van der Waals surface area contributed by atoms with Crippen LogP contribution < -0.4 is 10.6 Å². The lowest BCUT2D eigenvalue weighted by atomic mass is 9.63. The smallest absolute Gasteiger partial charge is 0.317 e. The highest BCUT2D eigenvalue weighted by Gasteiger charge is 2.44. The van der Waals surface area contributed by atoms with Crippen molar-refractivity contribution in [2.45, 2.75) is 89.8 Å². The van der Waals surface area contributed by atoms with Crippen LogP contribution in [-0.2, 0) is 4.79 Å². The zero-order valence-electron chi connectivity index (χ0n) is 18.2. The molecule has 2 aliphatic heterocycles. The van der Waals surface area contributed by atoms with E-state index < -0.39 is 5.97 Å². The zero-order chi connectivity index (χ0) is 19.9. The second kappa shape index (κ2) is 10.9. The van der Waals surface area contributed by atoms with Crippen LogP contribution in [0.2, 0.25) is 0 Å². The second-order valence-electron chi connectivity index (χ2n) is 9.80. The number of carboxylic acid groups (broad SMARTS) is 1. The Kier molecular flexibility index (Phi) is 8.61. The number of unbranched alkanes of at least 4 members (excludes halogenated alkanes) is 3. The van der Waals surface area contributed by atoms with Crippen LogP contribution in [0.3, 0.4) is 0 Å². The van der Waals surface area contributed by atoms with Crippen molar-refractivity contribution in [1.29, 1.82) is 0 Å². The molecule has 28 heavy (non-hydrogen) atoms. The lowest BCUT2D eigenvalue weighted by Gasteiger charge is -2.52. The van der Waals surface area contributed by atoms with Gasteiger partial charge in [-0.3, -0.25) is 15.0 Å². The molecule has 0 aromatic heterocycles. The lowest BCUT2D eigenvalue weighted by Crippen LogP contribution is -2.61. The van der Waals surface area contributed by atoms with Crippen LogP contribution in [-0.4, -0.2) is 54.9 Å². The molecule has 6 unspecified atom stereocenters. The maximum atomic E-state index is 11.2. The molecule has 1 aliphatic carbocycles. The molecule has 3 N–H and O–H groups in total. The quantitative estimate of drug-likeness (QED) is 0.521. The molecule has 0 aromatic rings. The van der Waals surface area contributed by atoms with Gasteiger partial charge in [-0.1, -0.05) is 39.0 Å². The van der Waals surface area contributed by atoms with E-state index in [1.165, 1.54) is 64.2 Å². The van der Waals surface area contributed by atoms with E-state index in [-0.39, 0.29) is 12.7 Å². The lowest BCUT2D eigenvalue weighted by molar-refractivity contribution is -0.139. The van der Waals surface area contributed by atoms with Crippen molar-refractivity contribution in [2.24, 2.45) is 23.7 Å². The second-order valence-corrected chi connectivity index (χ2v) is 9.80. The number of fused-ring (bicyclic) bond motifs is 1. The van der Waals surface area contributed by atoms with E-state index >= 15 is 0 Å². The van der Waals surface area contributed by atoms with Crippen molar-refractivity contribution >= 4 is 5.97 Å². The zero-order valence-corrected chi connectivity index (χ0v) is 18.2. The fourth-order valence-corrected chi connectivity index (χ4v) is 6.26. The summed E-state index contributed by atoms with van der Waals surface area (Å²) in [5.74, 6) is 2.47. The summed E-state index contributed by atoms with van der Waals surface area (Å²) < 4.78 is 0. The molecular formula is C23H43N3O2. The summed E-state index contributed by atoms with van der Waals surface area (Å²) in [5, 5.41) is 16.7. The van der Waals surface area contributed by atoms with Gasteiger partial charge in [-0.25, -0.2) is 0 Å². The van der Waals surface area contributed by atoms with Gasteiger partial charge in [0, 0.05) is 6.04 Å². The summed E-state index contributed by atoms with van der Waals surface area (Å²) in [6, 6.07) is 0.578. The van der Waals surface area contributed by atoms with E-state index in [1.54, 1.807) is 0 Å². The summed E-state index contributed by atoms with van der Waals surface area (Å²) in [7, 11) is 1.97. The first-order valence-corrected chi connectivity index (χ1v) is 12.0. The highest BCUT2D eigenvalue weighted by atomic mass is 16.4. The average Bonchev–Trinajstić information content (AvgIpc) is 2.70. The van der Waals surface area contributed by atoms with Gasteiger partial charge in [0.25, 0.3) is 0 Å². The average molecular weight is 394 g/mol. The van der Waals surface area contributed by atoms with E-state index in [1.807, 2.05) is 11.9 Å². The monoisotopic (exact) mass is 393 g/mol. The number of hydrogen-bond donors (Lipinski definition) is 3. The summed E-state index contributed by atoms with van der Waals surface area (Å²) in [4.78, 5) is 13.3. The van der Waals surface area contributed by atoms with Crippen molar-refractivity contribution < 1.29 is 9.90 Å². The Hall–Kier alpha value is -0.650. The first-order chi connectivity index (χ1) is 13.6. The van der Waals surface area contributed by atoms with Crippen molar-refractivity contribution in [3.05, 3.63) is 0 Å². The minimum atomic E-state index is -0.724. The first kappa shape index (κ1) is 22.0. The molecule has 6 atom stereocenters. The van der Waals surface area contributed by atoms with Gasteiger partial charge in [0.15, 0.2) is 0 Å². The number of nitrogens with one attached hydrogen (secondary N) is 2. The Bertz CT molecular complexity index is 480. The van der Waals surface area contributed by atoms with Gasteiger partial charge < -0.3 is 10.4 Å². The molecule has 5 heteroatoms. The van der Waals surface area contributed by atoms with Crippen LogP contribution >= 0.6 is 0 Å². The molecule has 1 saturated carbocycles. The standard InChI is InChI=1S/C23H43N3O2/c1-3-4-5-6-8-17-10-11-21-20(13-17)19(18-9-7-12-24-15-18)14-22(25-21)26(2)16-23(27)28/h17-22,24-25H,3-16H2,1-2H3,(H,27,28). The fourth-order valence-electron chi connectivity index (χ4n) is 6.26. The number of carbonyl (C=O) groups is 1. The number of rotatable bonds is 9. The molecule has 2 saturated heterocycles. The van der Waals surface area contributed by atoms with E-state index in [0.29, 0.717) is 6.04 Å². The topological polar surface area (TPSA) is 64.6 Å². The third kappa shape index (κ3) is 5.93. The number of nitrogens with zero attached hydrogens (tertiary/aromatic N) is 1. The van der Waals surface area contributed by atoms with Crippen LogP contribution in [0, 0.1) is 23.7 Å². The van der Waals surface area contributed by atoms with Gasteiger partial charge >= 0.3 is 5.97 Å². The third-order valence-corrected chi connectivity index (χ3v) is 7.78. The van der Waals surface area contributed by atoms with Gasteiger partial charge in [0.1, 0.15) is 0 Å². The summed E-state index contributed by atoms with van der Waals surface area (Å²) >= 11 is 0. The highest BCUT2D eigenvalue weighted by molar-refractivity contribution is 5.69. The Morgan fingerprint density at radius 1 is 1.11 bits per heavy atom. The fraction of sp³-hybridized carbons (Fsp3) is 0.957. The maximum absolute atomic E-state index is 11.2. The van der Waals surface area contributed by atoms with Gasteiger partial charge in [0.2, 0.25) is 0 Å². The molecule has 3 rings (SSSR count). The molecule has 5 nitrogen and oxygen atoms in total. The van der Waals surface area contributed by atoms with Crippen molar-refractivity contribution in [1.82, 2.24) is 15.5 Å². The predicted octanol–water partition coefficient (Wildman–Crippen LogP) is 3.69. The summed E-state index contributed by atoms with van der Waals surface area (Å²) in [6.45, 7) is 4.74. The molecule has 0 radical (unpaired) electrons. The Labute approximate surface area is 172 Å². The van der Waals surface area contributed by atoms with Crippen molar-refractivity contribution in [3.8, 4) is 0 Å². The maximum Gasteiger partial charge on any atom is 0.317 e. The molecule has 3 aliphatic rings. The molecule has 0 aromatic carbocycles. The molecule has 162 valence electrons. The first-order valence-electron chi connectivity index (χ1n) is 12.0. The van der Waals surface area contributed by atoms with Gasteiger partial charge in [-0.15, -0.1) is 0 Å². The van der Waals surface area contributed by atoms with Gasteiger partial charge in [-0.05, 0) is 82.3 Å². The Balaban J connectivity index is 1.64. The molecule has 2 heterocycles. The van der Waals surface area contributed by atoms with Gasteiger partial charge in [-0.2, -0.15) is 0 Å². The normalized spacial score (nSPS) is 36.2.